The standard InChI is InChI=1S/C24H32N4O4/c29-15-5-3-1-2-4-10-26-11-13-27(14-12-26)19-6-7-20-18(16-19)17-28(24(20)32)21-8-9-22(30)25-23(21)31/h6-7,15-16,21H,1-5,8-14,17H2,(H,25,30,31). The smallest absolute Gasteiger partial charge is 0.255 e. The molecule has 1 N–H and O–H groups in total. The Kier molecular flexibility index (Phi) is 7.19. The molecule has 0 bridgehead atoms. The van der Waals surface area contributed by atoms with Gasteiger partial charge in [-0.3, -0.25) is 24.6 Å². The molecule has 8 heteroatoms. The molecule has 1 unspecified atom stereocenters. The lowest BCUT2D eigenvalue weighted by Crippen LogP contribution is -2.52. The second-order valence-corrected chi connectivity index (χ2v) is 8.94. The maximum absolute atomic E-state index is 12.9. The fourth-order valence-electron chi connectivity index (χ4n) is 4.90. The predicted molar refractivity (Wildman–Crippen MR) is 120 cm³/mol. The number of hydrogen-bond donors (Lipinski definition) is 1. The van der Waals surface area contributed by atoms with E-state index in [4.69, 9.17) is 0 Å². The van der Waals surface area contributed by atoms with E-state index in [0.717, 1.165) is 63.1 Å². The van der Waals surface area contributed by atoms with E-state index in [1.807, 2.05) is 12.1 Å². The fraction of sp³-hybridized carbons (Fsp3) is 0.583. The van der Waals surface area contributed by atoms with Crippen molar-refractivity contribution < 1.29 is 19.2 Å². The van der Waals surface area contributed by atoms with E-state index >= 15 is 0 Å². The number of piperidine rings is 1. The van der Waals surface area contributed by atoms with Crippen molar-refractivity contribution in [2.24, 2.45) is 0 Å². The largest absolute Gasteiger partial charge is 0.369 e. The third-order valence-corrected chi connectivity index (χ3v) is 6.79. The Hall–Kier alpha value is -2.74. The van der Waals surface area contributed by atoms with Crippen LogP contribution in [0.1, 0.15) is 60.9 Å². The van der Waals surface area contributed by atoms with Crippen molar-refractivity contribution in [2.75, 3.05) is 37.6 Å². The van der Waals surface area contributed by atoms with Gasteiger partial charge in [-0.15, -0.1) is 0 Å². The van der Waals surface area contributed by atoms with Crippen molar-refractivity contribution in [2.45, 2.75) is 57.5 Å². The summed E-state index contributed by atoms with van der Waals surface area (Å²) in [6, 6.07) is 5.40. The van der Waals surface area contributed by atoms with Crippen molar-refractivity contribution >= 4 is 29.7 Å². The summed E-state index contributed by atoms with van der Waals surface area (Å²) in [4.78, 5) is 53.3. The van der Waals surface area contributed by atoms with Gasteiger partial charge in [0.05, 0.1) is 0 Å². The predicted octanol–water partition coefficient (Wildman–Crippen LogP) is 1.72. The third-order valence-electron chi connectivity index (χ3n) is 6.79. The van der Waals surface area contributed by atoms with E-state index in [0.29, 0.717) is 24.9 Å². The summed E-state index contributed by atoms with van der Waals surface area (Å²) in [5, 5.41) is 2.35. The third kappa shape index (κ3) is 5.01. The molecular formula is C24H32N4O4. The molecule has 0 spiro atoms. The molecule has 2 fully saturated rings. The monoisotopic (exact) mass is 440 g/mol. The molecule has 0 radical (unpaired) electrons. The highest BCUT2D eigenvalue weighted by Crippen LogP contribution is 2.31. The van der Waals surface area contributed by atoms with Crippen LogP contribution in [0.4, 0.5) is 5.69 Å². The maximum Gasteiger partial charge on any atom is 0.255 e. The minimum atomic E-state index is -0.571. The highest BCUT2D eigenvalue weighted by molar-refractivity contribution is 6.05. The zero-order valence-electron chi connectivity index (χ0n) is 18.6. The van der Waals surface area contributed by atoms with Crippen LogP contribution in [0.25, 0.3) is 0 Å². The molecule has 3 amide bonds. The average Bonchev–Trinajstić information content (AvgIpc) is 3.12. The molecule has 8 nitrogen and oxygen atoms in total. The second kappa shape index (κ2) is 10.3. The Balaban J connectivity index is 1.29. The summed E-state index contributed by atoms with van der Waals surface area (Å²) < 4.78 is 0. The number of hydrogen-bond acceptors (Lipinski definition) is 6. The molecule has 4 rings (SSSR count). The molecular weight excluding hydrogens is 408 g/mol. The average molecular weight is 441 g/mol. The zero-order chi connectivity index (χ0) is 22.5. The number of benzene rings is 1. The topological polar surface area (TPSA) is 90.0 Å². The van der Waals surface area contributed by atoms with Gasteiger partial charge in [-0.1, -0.05) is 12.8 Å². The van der Waals surface area contributed by atoms with Gasteiger partial charge in [-0.05, 0) is 49.6 Å². The lowest BCUT2D eigenvalue weighted by atomic mass is 10.0. The van der Waals surface area contributed by atoms with E-state index in [1.54, 1.807) is 4.90 Å². The normalized spacial score (nSPS) is 21.6. The first-order valence-electron chi connectivity index (χ1n) is 11.8. The van der Waals surface area contributed by atoms with Crippen LogP contribution >= 0.6 is 0 Å². The number of piperazine rings is 1. The Labute approximate surface area is 188 Å². The number of fused-ring (bicyclic) bond motifs is 1. The number of carbonyl (C=O) groups excluding carboxylic acids is 4. The fourth-order valence-corrected chi connectivity index (χ4v) is 4.90. The molecule has 1 aromatic rings. The van der Waals surface area contributed by atoms with Crippen LogP contribution < -0.4 is 10.2 Å². The minimum Gasteiger partial charge on any atom is -0.369 e. The van der Waals surface area contributed by atoms with Gasteiger partial charge in [0.15, 0.2) is 0 Å². The second-order valence-electron chi connectivity index (χ2n) is 8.94. The van der Waals surface area contributed by atoms with E-state index in [-0.39, 0.29) is 24.1 Å². The van der Waals surface area contributed by atoms with Gasteiger partial charge in [-0.25, -0.2) is 0 Å². The number of anilines is 1. The number of nitrogens with zero attached hydrogens (tertiary/aromatic N) is 3. The van der Waals surface area contributed by atoms with Crippen LogP contribution in [0.2, 0.25) is 0 Å². The number of imide groups is 1. The number of unbranched alkanes of at least 4 members (excludes halogenated alkanes) is 4. The summed E-state index contributed by atoms with van der Waals surface area (Å²) >= 11 is 0. The van der Waals surface area contributed by atoms with Crippen LogP contribution in [0.5, 0.6) is 0 Å². The Morgan fingerprint density at radius 1 is 1.00 bits per heavy atom. The van der Waals surface area contributed by atoms with Crippen molar-refractivity contribution in [3.05, 3.63) is 29.3 Å². The maximum atomic E-state index is 12.9. The number of nitrogens with one attached hydrogen (secondary N) is 1. The van der Waals surface area contributed by atoms with Gasteiger partial charge >= 0.3 is 0 Å². The van der Waals surface area contributed by atoms with E-state index < -0.39 is 6.04 Å². The minimum absolute atomic E-state index is 0.126. The van der Waals surface area contributed by atoms with Crippen molar-refractivity contribution in [3.8, 4) is 0 Å². The number of rotatable bonds is 9. The molecule has 3 heterocycles. The molecule has 0 aliphatic carbocycles. The van der Waals surface area contributed by atoms with Gasteiger partial charge in [0, 0.05) is 56.8 Å². The van der Waals surface area contributed by atoms with E-state index in [2.05, 4.69) is 21.2 Å². The molecule has 3 aliphatic heterocycles. The summed E-state index contributed by atoms with van der Waals surface area (Å²) in [6.07, 6.45) is 6.81. The quantitative estimate of drug-likeness (QED) is 0.357. The first-order chi connectivity index (χ1) is 15.6. The Bertz CT molecular complexity index is 879. The molecule has 0 saturated carbocycles. The highest BCUT2D eigenvalue weighted by atomic mass is 16.2. The molecule has 1 aromatic carbocycles. The Morgan fingerprint density at radius 2 is 1.78 bits per heavy atom. The first kappa shape index (κ1) is 22.5. The van der Waals surface area contributed by atoms with Crippen LogP contribution in [-0.4, -0.2) is 72.6 Å². The summed E-state index contributed by atoms with van der Waals surface area (Å²) in [6.45, 7) is 5.47. The van der Waals surface area contributed by atoms with Crippen LogP contribution in [0.15, 0.2) is 18.2 Å². The van der Waals surface area contributed by atoms with Gasteiger partial charge in [0.2, 0.25) is 11.8 Å². The van der Waals surface area contributed by atoms with Crippen LogP contribution in [0.3, 0.4) is 0 Å². The van der Waals surface area contributed by atoms with Crippen molar-refractivity contribution in [1.82, 2.24) is 15.1 Å². The van der Waals surface area contributed by atoms with Crippen LogP contribution in [-0.2, 0) is 20.9 Å². The molecule has 32 heavy (non-hydrogen) atoms. The molecule has 3 aliphatic rings. The van der Waals surface area contributed by atoms with Gasteiger partial charge in [0.1, 0.15) is 12.3 Å². The highest BCUT2D eigenvalue weighted by Gasteiger charge is 2.39. The van der Waals surface area contributed by atoms with E-state index in [9.17, 15) is 19.2 Å². The number of aldehydes is 1. The van der Waals surface area contributed by atoms with Crippen molar-refractivity contribution in [1.29, 1.82) is 0 Å². The lowest BCUT2D eigenvalue weighted by molar-refractivity contribution is -0.136. The molecule has 2 saturated heterocycles. The van der Waals surface area contributed by atoms with Crippen LogP contribution in [0, 0.1) is 0 Å². The Morgan fingerprint density at radius 3 is 2.53 bits per heavy atom. The summed E-state index contributed by atoms with van der Waals surface area (Å²) in [7, 11) is 0. The van der Waals surface area contributed by atoms with Crippen molar-refractivity contribution in [3.63, 3.8) is 0 Å². The van der Waals surface area contributed by atoms with E-state index in [1.165, 1.54) is 12.8 Å². The van der Waals surface area contributed by atoms with Gasteiger partial charge in [-0.2, -0.15) is 0 Å². The summed E-state index contributed by atoms with van der Waals surface area (Å²) in [5.41, 5.74) is 2.73. The van der Waals surface area contributed by atoms with Gasteiger partial charge in [0.25, 0.3) is 5.91 Å². The first-order valence-corrected chi connectivity index (χ1v) is 11.8. The lowest BCUT2D eigenvalue weighted by Gasteiger charge is -2.36. The SMILES string of the molecule is O=CCCCCCCN1CCN(c2ccc3c(c2)CN(C2CCC(=O)NC2=O)C3=O)CC1. The number of carbonyl (C=O) groups is 4. The number of amides is 3. The van der Waals surface area contributed by atoms with Gasteiger partial charge < -0.3 is 14.6 Å². The zero-order valence-corrected chi connectivity index (χ0v) is 18.6. The molecule has 1 atom stereocenters. The summed E-state index contributed by atoms with van der Waals surface area (Å²) in [5.74, 6) is -0.767. The molecule has 172 valence electrons. The molecule has 0 aromatic heterocycles.